The molecule has 0 spiro atoms. The van der Waals surface area contributed by atoms with Crippen LogP contribution in [0.3, 0.4) is 0 Å². The predicted molar refractivity (Wildman–Crippen MR) is 141 cm³/mol. The van der Waals surface area contributed by atoms with Crippen LogP contribution in [0.2, 0.25) is 0 Å². The summed E-state index contributed by atoms with van der Waals surface area (Å²) in [5.41, 5.74) is 6.64. The number of pyridine rings is 1. The maximum Gasteiger partial charge on any atom is 0.253 e. The zero-order chi connectivity index (χ0) is 25.3. The van der Waals surface area contributed by atoms with Crippen LogP contribution in [-0.4, -0.2) is 57.7 Å². The third-order valence-electron chi connectivity index (χ3n) is 7.11. The van der Waals surface area contributed by atoms with Gasteiger partial charge in [0.15, 0.2) is 0 Å². The van der Waals surface area contributed by atoms with Crippen LogP contribution in [0.4, 0.5) is 0 Å². The maximum absolute atomic E-state index is 12.2. The van der Waals surface area contributed by atoms with Gasteiger partial charge in [-0.25, -0.2) is 0 Å². The minimum Gasteiger partial charge on any atom is -0.392 e. The van der Waals surface area contributed by atoms with Gasteiger partial charge in [0.05, 0.1) is 18.3 Å². The summed E-state index contributed by atoms with van der Waals surface area (Å²) in [6.45, 7) is 10.4. The highest BCUT2D eigenvalue weighted by Crippen LogP contribution is 2.38. The number of amides is 1. The van der Waals surface area contributed by atoms with Crippen LogP contribution in [0.25, 0.3) is 22.2 Å². The number of H-pyrrole nitrogens is 1. The second kappa shape index (κ2) is 10.4. The average molecular weight is 479 g/mol. The van der Waals surface area contributed by atoms with E-state index in [9.17, 15) is 14.7 Å². The number of nitrogens with zero attached hydrogens (tertiary/aromatic N) is 2. The molecular formula is C28H38N4O3. The predicted octanol–water partition coefficient (Wildman–Crippen LogP) is 3.64. The molecule has 1 fully saturated rings. The molecule has 3 aromatic rings. The first kappa shape index (κ1) is 25.2. The van der Waals surface area contributed by atoms with E-state index in [4.69, 9.17) is 0 Å². The number of hydrogen-bond acceptors (Lipinski definition) is 4. The number of aliphatic hydroxyl groups excluding tert-OH is 1. The summed E-state index contributed by atoms with van der Waals surface area (Å²) in [5.74, 6) is 0.767. The molecule has 7 nitrogen and oxygen atoms in total. The number of nitrogens with one attached hydrogen (secondary N) is 2. The second-order valence-corrected chi connectivity index (χ2v) is 10.4. The smallest absolute Gasteiger partial charge is 0.253 e. The number of fused-ring (bicyclic) bond motifs is 1. The van der Waals surface area contributed by atoms with Crippen molar-refractivity contribution in [2.24, 2.45) is 7.05 Å². The summed E-state index contributed by atoms with van der Waals surface area (Å²) in [7, 11) is 1.80. The van der Waals surface area contributed by atoms with E-state index in [0.29, 0.717) is 24.9 Å². The van der Waals surface area contributed by atoms with Crippen LogP contribution in [0.1, 0.15) is 62.1 Å². The Hall–Kier alpha value is -2.90. The summed E-state index contributed by atoms with van der Waals surface area (Å²) in [5, 5.41) is 13.4. The molecule has 1 aliphatic rings. The van der Waals surface area contributed by atoms with E-state index < -0.39 is 6.10 Å². The molecule has 35 heavy (non-hydrogen) atoms. The fourth-order valence-electron chi connectivity index (χ4n) is 5.27. The zero-order valence-electron chi connectivity index (χ0n) is 21.5. The van der Waals surface area contributed by atoms with Crippen molar-refractivity contribution in [2.45, 2.75) is 58.5 Å². The largest absolute Gasteiger partial charge is 0.392 e. The summed E-state index contributed by atoms with van der Waals surface area (Å²) in [6, 6.07) is 8.74. The van der Waals surface area contributed by atoms with Gasteiger partial charge in [-0.2, -0.15) is 0 Å². The molecule has 1 amide bonds. The lowest BCUT2D eigenvalue weighted by molar-refractivity contribution is -0.122. The SMILES string of the molecule is Cc1cc(-c2[nH]c3ccc(C4CCN(CC(=O)NC[C@@H](C)O)CC4)cc3c2C(C)C)cn(C)c1=O. The van der Waals surface area contributed by atoms with Crippen molar-refractivity contribution in [2.75, 3.05) is 26.2 Å². The number of carbonyl (C=O) groups is 1. The summed E-state index contributed by atoms with van der Waals surface area (Å²) < 4.78 is 1.66. The third-order valence-corrected chi connectivity index (χ3v) is 7.11. The number of aliphatic hydroxyl groups is 1. The lowest BCUT2D eigenvalue weighted by atomic mass is 9.87. The van der Waals surface area contributed by atoms with Crippen LogP contribution in [0.15, 0.2) is 35.3 Å². The van der Waals surface area contributed by atoms with Gasteiger partial charge in [0.2, 0.25) is 5.91 Å². The van der Waals surface area contributed by atoms with E-state index in [1.54, 1.807) is 18.5 Å². The van der Waals surface area contributed by atoms with E-state index in [0.717, 1.165) is 48.3 Å². The van der Waals surface area contributed by atoms with Gasteiger partial charge in [0.1, 0.15) is 0 Å². The average Bonchev–Trinajstić information content (AvgIpc) is 3.20. The second-order valence-electron chi connectivity index (χ2n) is 10.4. The molecule has 7 heteroatoms. The highest BCUT2D eigenvalue weighted by atomic mass is 16.3. The van der Waals surface area contributed by atoms with E-state index >= 15 is 0 Å². The molecule has 188 valence electrons. The molecule has 0 aliphatic carbocycles. The molecule has 2 aromatic heterocycles. The summed E-state index contributed by atoms with van der Waals surface area (Å²) >= 11 is 0. The number of aromatic nitrogens is 2. The Balaban J connectivity index is 1.55. The molecule has 3 heterocycles. The molecule has 1 aromatic carbocycles. The van der Waals surface area contributed by atoms with Crippen molar-refractivity contribution in [3.05, 3.63) is 57.5 Å². The van der Waals surface area contributed by atoms with Crippen molar-refractivity contribution in [3.8, 4) is 11.3 Å². The first-order chi connectivity index (χ1) is 16.6. The minimum absolute atomic E-state index is 0.0270. The number of aryl methyl sites for hydroxylation is 2. The van der Waals surface area contributed by atoms with Crippen LogP contribution in [0.5, 0.6) is 0 Å². The Morgan fingerprint density at radius 1 is 1.20 bits per heavy atom. The van der Waals surface area contributed by atoms with Crippen molar-refractivity contribution < 1.29 is 9.90 Å². The van der Waals surface area contributed by atoms with Crippen LogP contribution in [-0.2, 0) is 11.8 Å². The molecule has 1 aliphatic heterocycles. The van der Waals surface area contributed by atoms with Crippen LogP contribution >= 0.6 is 0 Å². The van der Waals surface area contributed by atoms with Crippen molar-refractivity contribution in [1.29, 1.82) is 0 Å². The van der Waals surface area contributed by atoms with Gasteiger partial charge in [-0.1, -0.05) is 19.9 Å². The number of aromatic amines is 1. The van der Waals surface area contributed by atoms with Gasteiger partial charge in [0, 0.05) is 41.8 Å². The minimum atomic E-state index is -0.526. The topological polar surface area (TPSA) is 90.4 Å². The number of likely N-dealkylation sites (tertiary alicyclic amines) is 1. The maximum atomic E-state index is 12.2. The van der Waals surface area contributed by atoms with Gasteiger partial charge in [-0.15, -0.1) is 0 Å². The van der Waals surface area contributed by atoms with Crippen LogP contribution < -0.4 is 10.9 Å². The lowest BCUT2D eigenvalue weighted by Gasteiger charge is -2.31. The number of rotatable bonds is 7. The van der Waals surface area contributed by atoms with E-state index in [2.05, 4.69) is 47.2 Å². The molecule has 0 unspecified atom stereocenters. The fourth-order valence-corrected chi connectivity index (χ4v) is 5.27. The lowest BCUT2D eigenvalue weighted by Crippen LogP contribution is -2.42. The van der Waals surface area contributed by atoms with E-state index in [1.165, 1.54) is 16.5 Å². The monoisotopic (exact) mass is 478 g/mol. The first-order valence-corrected chi connectivity index (χ1v) is 12.6. The van der Waals surface area contributed by atoms with Gasteiger partial charge in [-0.05, 0) is 80.9 Å². The Morgan fingerprint density at radius 3 is 2.54 bits per heavy atom. The van der Waals surface area contributed by atoms with Gasteiger partial charge in [-0.3, -0.25) is 14.5 Å². The standard InChI is InChI=1S/C28H38N4O3/c1-17(2)26-23-13-21(20-8-10-32(11-9-20)16-25(34)29-14-19(4)33)6-7-24(23)30-27(26)22-12-18(3)28(35)31(5)15-22/h6-7,12-13,15,17,19-20,30,33H,8-11,14,16H2,1-5H3,(H,29,34)/t19-/m1/s1. The van der Waals surface area contributed by atoms with Crippen molar-refractivity contribution in [1.82, 2.24) is 19.8 Å². The number of benzene rings is 1. The Kier molecular flexibility index (Phi) is 7.47. The Morgan fingerprint density at radius 2 is 1.91 bits per heavy atom. The quantitative estimate of drug-likeness (QED) is 0.484. The van der Waals surface area contributed by atoms with Crippen LogP contribution in [0, 0.1) is 6.92 Å². The van der Waals surface area contributed by atoms with Crippen molar-refractivity contribution in [3.63, 3.8) is 0 Å². The number of carbonyl (C=O) groups excluding carboxylic acids is 1. The molecule has 4 rings (SSSR count). The van der Waals surface area contributed by atoms with Gasteiger partial charge < -0.3 is 20.0 Å². The van der Waals surface area contributed by atoms with E-state index in [-0.39, 0.29) is 11.5 Å². The summed E-state index contributed by atoms with van der Waals surface area (Å²) in [6.07, 6.45) is 3.43. The molecule has 0 bridgehead atoms. The number of piperidine rings is 1. The van der Waals surface area contributed by atoms with Gasteiger partial charge >= 0.3 is 0 Å². The van der Waals surface area contributed by atoms with Gasteiger partial charge in [0.25, 0.3) is 5.56 Å². The number of hydrogen-bond donors (Lipinski definition) is 3. The third kappa shape index (κ3) is 5.52. The molecule has 0 radical (unpaired) electrons. The molecular weight excluding hydrogens is 440 g/mol. The van der Waals surface area contributed by atoms with Crippen molar-refractivity contribution >= 4 is 16.8 Å². The molecule has 1 atom stereocenters. The molecule has 0 saturated carbocycles. The molecule has 1 saturated heterocycles. The van der Waals surface area contributed by atoms with E-state index in [1.807, 2.05) is 19.2 Å². The normalized spacial score (nSPS) is 16.2. The Bertz CT molecular complexity index is 1240. The highest BCUT2D eigenvalue weighted by molar-refractivity contribution is 5.92. The Labute approximate surface area is 207 Å². The summed E-state index contributed by atoms with van der Waals surface area (Å²) in [4.78, 5) is 30.2. The fraction of sp³-hybridized carbons (Fsp3) is 0.500. The first-order valence-electron chi connectivity index (χ1n) is 12.6. The highest BCUT2D eigenvalue weighted by Gasteiger charge is 2.24. The molecule has 3 N–H and O–H groups in total. The zero-order valence-corrected chi connectivity index (χ0v) is 21.5.